The maximum Gasteiger partial charge on any atom is 0.228 e. The molecule has 0 radical (unpaired) electrons. The molecule has 1 amide bonds. The third-order valence-electron chi connectivity index (χ3n) is 5.20. The monoisotopic (exact) mass is 320 g/mol. The number of fused-ring (bicyclic) bond motifs is 1. The number of nitrogens with zero attached hydrogens (tertiary/aromatic N) is 4. The van der Waals surface area contributed by atoms with Crippen molar-refractivity contribution >= 4 is 5.91 Å². The molecule has 0 N–H and O–H groups in total. The van der Waals surface area contributed by atoms with E-state index in [1.807, 2.05) is 29.0 Å². The molecule has 4 heterocycles. The molecule has 7 nitrogen and oxygen atoms in total. The normalized spacial score (nSPS) is 31.5. The van der Waals surface area contributed by atoms with E-state index in [1.54, 1.807) is 0 Å². The molecule has 3 fully saturated rings. The van der Waals surface area contributed by atoms with Crippen LogP contribution in [0.1, 0.15) is 5.56 Å². The van der Waals surface area contributed by atoms with Crippen LogP contribution in [0, 0.1) is 11.8 Å². The Morgan fingerprint density at radius 2 is 2.17 bits per heavy atom. The van der Waals surface area contributed by atoms with E-state index in [2.05, 4.69) is 10.00 Å². The van der Waals surface area contributed by atoms with E-state index in [0.29, 0.717) is 38.8 Å². The van der Waals surface area contributed by atoms with E-state index in [9.17, 15) is 4.79 Å². The van der Waals surface area contributed by atoms with E-state index >= 15 is 0 Å². The van der Waals surface area contributed by atoms with Gasteiger partial charge < -0.3 is 14.4 Å². The van der Waals surface area contributed by atoms with Crippen LogP contribution in [0.2, 0.25) is 0 Å². The minimum Gasteiger partial charge on any atom is -0.378 e. The minimum absolute atomic E-state index is 0.0111. The lowest BCUT2D eigenvalue weighted by Crippen LogP contribution is -2.46. The van der Waals surface area contributed by atoms with Crippen molar-refractivity contribution in [3.05, 3.63) is 18.0 Å². The molecule has 0 spiro atoms. The molecule has 23 heavy (non-hydrogen) atoms. The fraction of sp³-hybridized carbons (Fsp3) is 0.750. The van der Waals surface area contributed by atoms with Crippen molar-refractivity contribution in [1.29, 1.82) is 0 Å². The summed E-state index contributed by atoms with van der Waals surface area (Å²) in [7, 11) is 1.93. The number of rotatable bonds is 3. The number of hydrogen-bond donors (Lipinski definition) is 0. The van der Waals surface area contributed by atoms with Gasteiger partial charge in [0.25, 0.3) is 0 Å². The second kappa shape index (κ2) is 6.22. The largest absolute Gasteiger partial charge is 0.378 e. The minimum atomic E-state index is 0.0111. The lowest BCUT2D eigenvalue weighted by Gasteiger charge is -2.30. The van der Waals surface area contributed by atoms with Crippen molar-refractivity contribution in [3.63, 3.8) is 0 Å². The maximum atomic E-state index is 12.8. The number of hydrogen-bond acceptors (Lipinski definition) is 5. The van der Waals surface area contributed by atoms with Crippen molar-refractivity contribution in [1.82, 2.24) is 19.6 Å². The van der Waals surface area contributed by atoms with Gasteiger partial charge in [0.1, 0.15) is 0 Å². The first-order valence-corrected chi connectivity index (χ1v) is 8.39. The van der Waals surface area contributed by atoms with Gasteiger partial charge in [-0.25, -0.2) is 0 Å². The van der Waals surface area contributed by atoms with E-state index in [1.165, 1.54) is 5.56 Å². The van der Waals surface area contributed by atoms with Crippen LogP contribution in [0.15, 0.2) is 12.4 Å². The Morgan fingerprint density at radius 1 is 1.35 bits per heavy atom. The van der Waals surface area contributed by atoms with Gasteiger partial charge in [-0.05, 0) is 0 Å². The van der Waals surface area contributed by atoms with Gasteiger partial charge in [-0.1, -0.05) is 0 Å². The van der Waals surface area contributed by atoms with Gasteiger partial charge >= 0.3 is 0 Å². The van der Waals surface area contributed by atoms with E-state index < -0.39 is 0 Å². The van der Waals surface area contributed by atoms with Crippen molar-refractivity contribution in [2.24, 2.45) is 18.9 Å². The van der Waals surface area contributed by atoms with E-state index in [-0.39, 0.29) is 17.9 Å². The maximum absolute atomic E-state index is 12.8. The van der Waals surface area contributed by atoms with Crippen LogP contribution >= 0.6 is 0 Å². The Bertz CT molecular complexity index is 569. The summed E-state index contributed by atoms with van der Waals surface area (Å²) in [5.74, 6) is 0.586. The van der Waals surface area contributed by atoms with Gasteiger partial charge in [-0.15, -0.1) is 0 Å². The number of aromatic nitrogens is 2. The molecule has 3 saturated heterocycles. The first-order chi connectivity index (χ1) is 11.2. The number of morpholine rings is 1. The highest BCUT2D eigenvalue weighted by molar-refractivity contribution is 5.80. The molecule has 1 aromatic heterocycles. The molecular weight excluding hydrogens is 296 g/mol. The molecule has 3 aliphatic heterocycles. The zero-order valence-electron chi connectivity index (χ0n) is 13.6. The number of likely N-dealkylation sites (tertiary alicyclic amines) is 1. The topological polar surface area (TPSA) is 59.8 Å². The highest BCUT2D eigenvalue weighted by Crippen LogP contribution is 2.35. The molecule has 3 aliphatic rings. The number of carbonyl (C=O) groups is 1. The van der Waals surface area contributed by atoms with Crippen molar-refractivity contribution < 1.29 is 14.3 Å². The average Bonchev–Trinajstić information content (AvgIpc) is 3.24. The Hall–Kier alpha value is -1.44. The Labute approximate surface area is 136 Å². The van der Waals surface area contributed by atoms with Gasteiger partial charge in [0.05, 0.1) is 38.0 Å². The standard InChI is InChI=1S/C16H24N4O3/c1-18-7-12(6-17-18)8-19-9-13-14(11-23-15(13)10-19)16(21)20-2-4-22-5-3-20/h6-7,13-15H,2-5,8-11H2,1H3/t13-,14+,15-/m1/s1. The third kappa shape index (κ3) is 3.00. The molecule has 0 aromatic carbocycles. The zero-order valence-corrected chi connectivity index (χ0v) is 13.6. The summed E-state index contributed by atoms with van der Waals surface area (Å²) in [4.78, 5) is 17.1. The second-order valence-corrected chi connectivity index (χ2v) is 6.80. The molecule has 0 bridgehead atoms. The summed E-state index contributed by atoms with van der Waals surface area (Å²) in [6.07, 6.45) is 4.15. The third-order valence-corrected chi connectivity index (χ3v) is 5.20. The van der Waals surface area contributed by atoms with Crippen LogP contribution in [-0.4, -0.2) is 77.6 Å². The van der Waals surface area contributed by atoms with Crippen molar-refractivity contribution in [3.8, 4) is 0 Å². The first kappa shape index (κ1) is 15.1. The van der Waals surface area contributed by atoms with Gasteiger partial charge in [0, 0.05) is 57.4 Å². The van der Waals surface area contributed by atoms with Crippen LogP contribution < -0.4 is 0 Å². The van der Waals surface area contributed by atoms with E-state index in [0.717, 1.165) is 19.6 Å². The molecule has 0 aliphatic carbocycles. The highest BCUT2D eigenvalue weighted by atomic mass is 16.5. The average molecular weight is 320 g/mol. The quantitative estimate of drug-likeness (QED) is 0.767. The fourth-order valence-electron chi connectivity index (χ4n) is 4.01. The van der Waals surface area contributed by atoms with Gasteiger partial charge in [-0.3, -0.25) is 14.4 Å². The molecule has 1 aromatic rings. The van der Waals surface area contributed by atoms with E-state index in [4.69, 9.17) is 9.47 Å². The van der Waals surface area contributed by atoms with Crippen LogP contribution in [-0.2, 0) is 27.9 Å². The zero-order chi connectivity index (χ0) is 15.8. The molecular formula is C16H24N4O3. The lowest BCUT2D eigenvalue weighted by molar-refractivity contribution is -0.140. The summed E-state index contributed by atoms with van der Waals surface area (Å²) in [6, 6.07) is 0. The first-order valence-electron chi connectivity index (χ1n) is 8.39. The summed E-state index contributed by atoms with van der Waals surface area (Å²) in [5.41, 5.74) is 1.21. The number of carbonyl (C=O) groups excluding carboxylic acids is 1. The highest BCUT2D eigenvalue weighted by Gasteiger charge is 2.47. The molecule has 7 heteroatoms. The lowest BCUT2D eigenvalue weighted by atomic mass is 9.92. The smallest absolute Gasteiger partial charge is 0.228 e. The Morgan fingerprint density at radius 3 is 2.91 bits per heavy atom. The molecule has 0 saturated carbocycles. The SMILES string of the molecule is Cn1cc(CN2C[C@@H]3[C@@H](C(=O)N4CCOCC4)CO[C@@H]3C2)cn1. The van der Waals surface area contributed by atoms with Crippen molar-refractivity contribution in [2.75, 3.05) is 46.0 Å². The Balaban J connectivity index is 1.38. The number of amides is 1. The number of aryl methyl sites for hydroxylation is 1. The fourth-order valence-corrected chi connectivity index (χ4v) is 4.01. The summed E-state index contributed by atoms with van der Waals surface area (Å²) in [5, 5.41) is 4.22. The number of ether oxygens (including phenoxy) is 2. The molecule has 126 valence electrons. The van der Waals surface area contributed by atoms with Gasteiger partial charge in [-0.2, -0.15) is 5.10 Å². The van der Waals surface area contributed by atoms with Crippen LogP contribution in [0.3, 0.4) is 0 Å². The summed E-state index contributed by atoms with van der Waals surface area (Å²) < 4.78 is 13.1. The van der Waals surface area contributed by atoms with Gasteiger partial charge in [0.15, 0.2) is 0 Å². The summed E-state index contributed by atoms with van der Waals surface area (Å²) >= 11 is 0. The van der Waals surface area contributed by atoms with Crippen molar-refractivity contribution in [2.45, 2.75) is 12.6 Å². The van der Waals surface area contributed by atoms with Crippen LogP contribution in [0.4, 0.5) is 0 Å². The molecule has 4 rings (SSSR count). The molecule has 3 atom stereocenters. The summed E-state index contributed by atoms with van der Waals surface area (Å²) in [6.45, 7) is 6.03. The van der Waals surface area contributed by atoms with Crippen LogP contribution in [0.25, 0.3) is 0 Å². The predicted octanol–water partition coefficient (Wildman–Crippen LogP) is -0.274. The Kier molecular flexibility index (Phi) is 4.09. The molecule has 0 unspecified atom stereocenters. The van der Waals surface area contributed by atoms with Crippen LogP contribution in [0.5, 0.6) is 0 Å². The second-order valence-electron chi connectivity index (χ2n) is 6.80. The predicted molar refractivity (Wildman–Crippen MR) is 82.6 cm³/mol. The van der Waals surface area contributed by atoms with Gasteiger partial charge in [0.2, 0.25) is 5.91 Å².